The van der Waals surface area contributed by atoms with Crippen molar-refractivity contribution in [3.63, 3.8) is 0 Å². The van der Waals surface area contributed by atoms with Crippen LogP contribution >= 0.6 is 0 Å². The van der Waals surface area contributed by atoms with Gasteiger partial charge in [-0.2, -0.15) is 0 Å². The van der Waals surface area contributed by atoms with Gasteiger partial charge in [0.25, 0.3) is 0 Å². The molecule has 8 bridgehead atoms. The number of hydrogen-bond acceptors (Lipinski definition) is 20. The van der Waals surface area contributed by atoms with Gasteiger partial charge in [-0.05, 0) is 273 Å². The molecule has 18 rings (SSSR count). The van der Waals surface area contributed by atoms with Gasteiger partial charge in [-0.25, -0.2) is 0 Å². The van der Waals surface area contributed by atoms with Crippen molar-refractivity contribution in [2.75, 3.05) is 138 Å². The van der Waals surface area contributed by atoms with E-state index in [0.717, 1.165) is 67.3 Å². The molecule has 0 aliphatic heterocycles. The van der Waals surface area contributed by atoms with Crippen molar-refractivity contribution < 1.29 is 28.8 Å². The van der Waals surface area contributed by atoms with E-state index in [9.17, 15) is 0 Å². The van der Waals surface area contributed by atoms with Crippen molar-refractivity contribution in [1.82, 2.24) is 0 Å². The van der Waals surface area contributed by atoms with Crippen LogP contribution in [-0.4, -0.2) is 63.1 Å². The van der Waals surface area contributed by atoms with Crippen LogP contribution in [0.1, 0.15) is 84.0 Å². The second-order valence-corrected chi connectivity index (χ2v) is 33.7. The van der Waals surface area contributed by atoms with E-state index in [1.54, 1.807) is 106 Å². The highest BCUT2D eigenvalue weighted by Gasteiger charge is 2.72. The van der Waals surface area contributed by atoms with Gasteiger partial charge in [-0.3, -0.25) is 28.8 Å². The highest BCUT2D eigenvalue weighted by Crippen LogP contribution is 2.72. The summed E-state index contributed by atoms with van der Waals surface area (Å²) in [6.45, 7) is 2.70. The number of nitrogen functional groups attached to an aromatic ring is 10. The predicted octanol–water partition coefficient (Wildman–Crippen LogP) is 14.7. The fourth-order valence-corrected chi connectivity index (χ4v) is 21.1. The number of nitrogens with one attached hydrogen (secondary N) is 10. The Morgan fingerprint density at radius 1 is 0.248 bits per heavy atom. The maximum Gasteiger partial charge on any atom is 0.230 e. The average molecular weight is 1570 g/mol. The van der Waals surface area contributed by atoms with E-state index in [1.165, 1.54) is 0 Å². The maximum absolute atomic E-state index is 15.6. The summed E-state index contributed by atoms with van der Waals surface area (Å²) in [7, 11) is 5.39. The molecular weight excluding hydrogens is 1470 g/mol. The van der Waals surface area contributed by atoms with Crippen molar-refractivity contribution in [2.24, 2.45) is 44.3 Å². The average Bonchev–Trinajstić information content (AvgIpc) is 0.691. The lowest BCUT2D eigenvalue weighted by Gasteiger charge is -2.64. The van der Waals surface area contributed by atoms with Crippen molar-refractivity contribution in [2.45, 2.75) is 84.0 Å². The minimum Gasteiger partial charge on any atom is -0.397 e. The number of nitrogens with two attached hydrogens (primary N) is 10. The zero-order valence-corrected chi connectivity index (χ0v) is 65.9. The van der Waals surface area contributed by atoms with Crippen LogP contribution in [0.25, 0.3) is 55.6 Å². The second kappa shape index (κ2) is 29.3. The first-order valence-electron chi connectivity index (χ1n) is 39.6. The Bertz CT molecular complexity index is 5610. The Morgan fingerprint density at radius 3 is 0.530 bits per heavy atom. The van der Waals surface area contributed by atoms with Crippen LogP contribution in [0.15, 0.2) is 182 Å². The molecule has 600 valence electrons. The van der Waals surface area contributed by atoms with Crippen molar-refractivity contribution in [3.05, 3.63) is 182 Å². The van der Waals surface area contributed by atoms with Crippen molar-refractivity contribution in [3.8, 4) is 55.6 Å². The highest BCUT2D eigenvalue weighted by atomic mass is 16.2. The van der Waals surface area contributed by atoms with Crippen molar-refractivity contribution in [1.29, 1.82) is 0 Å². The minimum atomic E-state index is -1.22. The van der Waals surface area contributed by atoms with Crippen LogP contribution < -0.4 is 111 Å². The molecule has 0 saturated heterocycles. The number of anilines is 20. The molecule has 0 radical (unpaired) electrons. The fourth-order valence-electron chi connectivity index (χ4n) is 21.1. The van der Waals surface area contributed by atoms with E-state index in [4.69, 9.17) is 57.3 Å². The lowest BCUT2D eigenvalue weighted by atomic mass is 9.38. The van der Waals surface area contributed by atoms with Gasteiger partial charge in [-0.15, -0.1) is 0 Å². The Kier molecular flexibility index (Phi) is 19.3. The monoisotopic (exact) mass is 1570 g/mol. The van der Waals surface area contributed by atoms with Gasteiger partial charge >= 0.3 is 0 Å². The van der Waals surface area contributed by atoms with Gasteiger partial charge < -0.3 is 111 Å². The van der Waals surface area contributed by atoms with Gasteiger partial charge in [0.15, 0.2) is 0 Å². The molecule has 8 fully saturated rings. The van der Waals surface area contributed by atoms with Gasteiger partial charge in [0.05, 0.1) is 146 Å². The largest absolute Gasteiger partial charge is 0.397 e. The molecule has 0 spiro atoms. The smallest absolute Gasteiger partial charge is 0.230 e. The molecule has 6 unspecified atom stereocenters. The molecule has 0 aromatic heterocycles. The Morgan fingerprint density at radius 2 is 0.393 bits per heavy atom. The van der Waals surface area contributed by atoms with Crippen LogP contribution in [0, 0.1) is 44.3 Å². The summed E-state index contributed by atoms with van der Waals surface area (Å²) < 4.78 is 0. The van der Waals surface area contributed by atoms with Crippen LogP contribution in [0.2, 0.25) is 0 Å². The van der Waals surface area contributed by atoms with E-state index >= 15 is 28.8 Å². The first-order valence-corrected chi connectivity index (χ1v) is 39.6. The van der Waals surface area contributed by atoms with E-state index < -0.39 is 32.5 Å². The highest BCUT2D eigenvalue weighted by molar-refractivity contribution is 6.08. The zero-order chi connectivity index (χ0) is 82.4. The molecule has 8 saturated carbocycles. The van der Waals surface area contributed by atoms with E-state index in [-0.39, 0.29) is 97.2 Å². The number of carbonyl (C=O) groups excluding carboxylic acids is 6. The molecule has 117 heavy (non-hydrogen) atoms. The molecule has 6 amide bonds. The summed E-state index contributed by atoms with van der Waals surface area (Å²) in [6.07, 6.45) is 3.47. The number of rotatable bonds is 22. The number of carbonyl (C=O) groups is 6. The summed E-state index contributed by atoms with van der Waals surface area (Å²) in [5, 5.41) is 31.5. The normalized spacial score (nSPS) is 22.9. The van der Waals surface area contributed by atoms with Gasteiger partial charge in [-0.1, -0.05) is 60.7 Å². The zero-order valence-electron chi connectivity index (χ0n) is 65.9. The third-order valence-corrected chi connectivity index (χ3v) is 25.9. The molecule has 26 nitrogen and oxygen atoms in total. The summed E-state index contributed by atoms with van der Waals surface area (Å²) >= 11 is 0. The topological polar surface area (TPSA) is 483 Å². The van der Waals surface area contributed by atoms with Gasteiger partial charge in [0.2, 0.25) is 35.4 Å². The molecule has 8 aliphatic carbocycles. The Hall–Kier alpha value is -13.8. The lowest BCUT2D eigenvalue weighted by molar-refractivity contribution is -0.182. The fraction of sp³-hybridized carbons (Fsp3) is 0.275. The number of benzene rings is 10. The Labute approximate surface area is 678 Å². The third kappa shape index (κ3) is 14.0. The SMILES string of the molecule is CCNc1ccc(-c2ccc(NC(=O)C34CC5CC(C(=O)Nc6ccc(-c7ccc(NC)c(N)c7)cc6N)(C3)CC(C(=O)Nc3ccc(-c6ccc(NC(=O)C78CC9CC(C(=O)Nc%10ccc(-c%11ccc(NC)c(N)c%11)cc%10N)(CC(C(=O)Nc%10ccc(-c%11ccc(NC)c(N)c%11)cc%10N)(C9)C7)C8)c(N)c6)cc3N)(C5)C4)c(N)c2)cc1N. The summed E-state index contributed by atoms with van der Waals surface area (Å²) in [5.74, 6) is -2.55. The molecule has 0 heterocycles. The third-order valence-electron chi connectivity index (χ3n) is 25.9. The standard InChI is InChI=1S/C91H100N20O6/c1-5-105-73-19-9-53(29-63(73)95)57-13-23-77(67(99)33-57)109-83(115)89-39-49-38-88(43-89,82(114)108-76-22-12-56(32-66(76)98)52-8-18-72(104-4)62(94)28-52)46-91(41-49,47-89)85(117)111-79-25-15-59(35-69(79)101)58-14-24-78(68(100)34-58)110-84(116)90-40-48-36-86(44-90,80(112)106-74-20-10-54(30-64(74)96)50-6-16-70(102-2)60(92)26-50)42-87(37-48,45-90)81(113)107-75-21-11-55(31-65(75)97)51-7-17-71(103-3)61(93)27-51/h6-35,48-49,102-105H,5,36-47,92-101H2,1-4H3,(H,106,112)(H,107,113)(H,108,114)(H,109,115)(H,110,116)(H,111,117). The van der Waals surface area contributed by atoms with Crippen LogP contribution in [0.4, 0.5) is 114 Å². The van der Waals surface area contributed by atoms with E-state index in [0.29, 0.717) is 136 Å². The Balaban J connectivity index is 0.653. The van der Waals surface area contributed by atoms with Crippen LogP contribution in [0.5, 0.6) is 0 Å². The quantitative estimate of drug-likeness (QED) is 0.0280. The predicted molar refractivity (Wildman–Crippen MR) is 475 cm³/mol. The van der Waals surface area contributed by atoms with Crippen molar-refractivity contribution >= 4 is 149 Å². The first kappa shape index (κ1) is 77.2. The number of hydrogen-bond donors (Lipinski definition) is 20. The van der Waals surface area contributed by atoms with Gasteiger partial charge in [0, 0.05) is 27.7 Å². The molecule has 30 N–H and O–H groups in total. The summed E-state index contributed by atoms with van der Waals surface area (Å²) in [5.41, 5.74) is 76.4. The first-order chi connectivity index (χ1) is 56.0. The molecular formula is C91H100N20O6. The molecule has 8 aliphatic rings. The molecule has 6 atom stereocenters. The van der Waals surface area contributed by atoms with Gasteiger partial charge in [0.1, 0.15) is 0 Å². The summed E-state index contributed by atoms with van der Waals surface area (Å²) in [6, 6.07) is 54.9. The van der Waals surface area contributed by atoms with E-state index in [1.807, 2.05) is 104 Å². The lowest BCUT2D eigenvalue weighted by Crippen LogP contribution is -2.65. The second-order valence-electron chi connectivity index (χ2n) is 33.7. The van der Waals surface area contributed by atoms with Crippen LogP contribution in [-0.2, 0) is 28.8 Å². The minimum absolute atomic E-state index is 0.144. The summed E-state index contributed by atoms with van der Waals surface area (Å²) in [4.78, 5) is 92.9. The van der Waals surface area contributed by atoms with E-state index in [2.05, 4.69) is 53.2 Å². The molecule has 26 heteroatoms. The molecule has 10 aromatic rings. The maximum atomic E-state index is 15.6. The van der Waals surface area contributed by atoms with Crippen LogP contribution in [0.3, 0.4) is 0 Å². The number of amides is 6. The molecule has 10 aromatic carbocycles.